The second-order valence-corrected chi connectivity index (χ2v) is 8.10. The molecule has 0 bridgehead atoms. The van der Waals surface area contributed by atoms with Crippen molar-refractivity contribution in [2.45, 2.75) is 26.2 Å². The van der Waals surface area contributed by atoms with E-state index in [0.29, 0.717) is 21.9 Å². The number of hydrogen-bond donors (Lipinski definition) is 0. The number of ether oxygens (including phenoxy) is 1. The lowest BCUT2D eigenvalue weighted by Crippen LogP contribution is -2.47. The van der Waals surface area contributed by atoms with Gasteiger partial charge in [-0.15, -0.1) is 11.3 Å². The lowest BCUT2D eigenvalue weighted by Gasteiger charge is -2.33. The van der Waals surface area contributed by atoms with Crippen molar-refractivity contribution < 1.29 is 19.1 Å². The maximum absolute atomic E-state index is 12.9. The van der Waals surface area contributed by atoms with Gasteiger partial charge in [0, 0.05) is 18.7 Å². The van der Waals surface area contributed by atoms with Crippen molar-refractivity contribution in [1.82, 2.24) is 4.90 Å². The van der Waals surface area contributed by atoms with Gasteiger partial charge in [-0.25, -0.2) is 0 Å². The quantitative estimate of drug-likeness (QED) is 0.743. The zero-order chi connectivity index (χ0) is 19.7. The van der Waals surface area contributed by atoms with Crippen LogP contribution in [0.5, 0.6) is 5.75 Å². The molecule has 0 aliphatic carbocycles. The van der Waals surface area contributed by atoms with Gasteiger partial charge >= 0.3 is 0 Å². The smallest absolute Gasteiger partial charge is 0.265 e. The van der Waals surface area contributed by atoms with Gasteiger partial charge in [0.05, 0.1) is 10.6 Å². The molecule has 1 aromatic carbocycles. The molecule has 0 N–H and O–H groups in total. The van der Waals surface area contributed by atoms with E-state index < -0.39 is 0 Å². The topological polar surface area (TPSA) is 66.9 Å². The van der Waals surface area contributed by atoms with E-state index in [1.165, 1.54) is 16.2 Å². The molecule has 2 aliphatic heterocycles. The summed E-state index contributed by atoms with van der Waals surface area (Å²) in [5.74, 6) is 0.116. The van der Waals surface area contributed by atoms with E-state index in [1.54, 1.807) is 18.2 Å². The maximum Gasteiger partial charge on any atom is 0.265 e. The molecule has 3 heterocycles. The average molecular weight is 398 g/mol. The van der Waals surface area contributed by atoms with Gasteiger partial charge in [-0.3, -0.25) is 19.3 Å². The van der Waals surface area contributed by atoms with Gasteiger partial charge in [-0.2, -0.15) is 0 Å². The van der Waals surface area contributed by atoms with Crippen LogP contribution in [0.4, 0.5) is 5.69 Å². The SMILES string of the molecule is Cc1cc2c(cc1C(=O)c1cccs1)N(CC(=O)N1CCCCC1)C(=O)CO2. The number of carbonyl (C=O) groups is 3. The number of amides is 2. The molecule has 1 saturated heterocycles. The summed E-state index contributed by atoms with van der Waals surface area (Å²) in [6.45, 7) is 3.20. The number of thiophene rings is 1. The van der Waals surface area contributed by atoms with Crippen LogP contribution in [0.3, 0.4) is 0 Å². The number of benzene rings is 1. The molecule has 1 fully saturated rings. The van der Waals surface area contributed by atoms with E-state index in [2.05, 4.69) is 0 Å². The minimum absolute atomic E-state index is 0.0229. The van der Waals surface area contributed by atoms with Gasteiger partial charge in [0.15, 0.2) is 6.61 Å². The fourth-order valence-electron chi connectivity index (χ4n) is 3.69. The van der Waals surface area contributed by atoms with Crippen LogP contribution < -0.4 is 9.64 Å². The minimum Gasteiger partial charge on any atom is -0.482 e. The minimum atomic E-state index is -0.267. The number of rotatable bonds is 4. The number of piperidine rings is 1. The third-order valence-electron chi connectivity index (χ3n) is 5.24. The summed E-state index contributed by atoms with van der Waals surface area (Å²) in [4.78, 5) is 42.0. The largest absolute Gasteiger partial charge is 0.482 e. The second-order valence-electron chi connectivity index (χ2n) is 7.15. The van der Waals surface area contributed by atoms with Gasteiger partial charge in [0.25, 0.3) is 5.91 Å². The Morgan fingerprint density at radius 2 is 1.96 bits per heavy atom. The van der Waals surface area contributed by atoms with Gasteiger partial charge < -0.3 is 9.64 Å². The van der Waals surface area contributed by atoms with Crippen molar-refractivity contribution in [3.8, 4) is 5.75 Å². The highest BCUT2D eigenvalue weighted by molar-refractivity contribution is 7.12. The number of fused-ring (bicyclic) bond motifs is 1. The average Bonchev–Trinajstić information content (AvgIpc) is 3.25. The zero-order valence-electron chi connectivity index (χ0n) is 15.8. The Labute approximate surface area is 167 Å². The number of likely N-dealkylation sites (tertiary alicyclic amines) is 1. The number of hydrogen-bond acceptors (Lipinski definition) is 5. The van der Waals surface area contributed by atoms with E-state index in [1.807, 2.05) is 23.3 Å². The van der Waals surface area contributed by atoms with Crippen LogP contribution >= 0.6 is 11.3 Å². The monoisotopic (exact) mass is 398 g/mol. The van der Waals surface area contributed by atoms with Crippen LogP contribution in [-0.4, -0.2) is 48.7 Å². The van der Waals surface area contributed by atoms with E-state index in [4.69, 9.17) is 4.74 Å². The number of carbonyl (C=O) groups excluding carboxylic acids is 3. The Morgan fingerprint density at radius 1 is 1.18 bits per heavy atom. The second kappa shape index (κ2) is 7.75. The molecule has 28 heavy (non-hydrogen) atoms. The Balaban J connectivity index is 1.65. The van der Waals surface area contributed by atoms with Crippen molar-refractivity contribution in [1.29, 1.82) is 0 Å². The van der Waals surface area contributed by atoms with Crippen LogP contribution in [0.2, 0.25) is 0 Å². The van der Waals surface area contributed by atoms with E-state index in [0.717, 1.165) is 37.9 Å². The predicted octanol–water partition coefficient (Wildman–Crippen LogP) is 3.03. The fraction of sp³-hybridized carbons (Fsp3) is 0.381. The first-order chi connectivity index (χ1) is 13.5. The lowest BCUT2D eigenvalue weighted by molar-refractivity contribution is -0.132. The van der Waals surface area contributed by atoms with Gasteiger partial charge in [0.1, 0.15) is 12.3 Å². The normalized spacial score (nSPS) is 16.5. The number of anilines is 1. The molecule has 1 aromatic heterocycles. The summed E-state index contributed by atoms with van der Waals surface area (Å²) in [6, 6.07) is 7.08. The van der Waals surface area contributed by atoms with E-state index in [-0.39, 0.29) is 30.7 Å². The van der Waals surface area contributed by atoms with Crippen LogP contribution in [0.15, 0.2) is 29.6 Å². The Hall–Kier alpha value is -2.67. The first-order valence-corrected chi connectivity index (χ1v) is 10.4. The van der Waals surface area contributed by atoms with Gasteiger partial charge in [0.2, 0.25) is 11.7 Å². The summed E-state index contributed by atoms with van der Waals surface area (Å²) in [7, 11) is 0. The molecule has 2 amide bonds. The molecular weight excluding hydrogens is 376 g/mol. The van der Waals surface area contributed by atoms with Crippen LogP contribution in [0.25, 0.3) is 0 Å². The Kier molecular flexibility index (Phi) is 5.17. The molecule has 2 aromatic rings. The predicted molar refractivity (Wildman–Crippen MR) is 107 cm³/mol. The van der Waals surface area contributed by atoms with Gasteiger partial charge in [-0.1, -0.05) is 6.07 Å². The fourth-order valence-corrected chi connectivity index (χ4v) is 4.36. The van der Waals surface area contributed by atoms with Crippen LogP contribution in [0, 0.1) is 6.92 Å². The summed E-state index contributed by atoms with van der Waals surface area (Å²) in [6.07, 6.45) is 3.13. The number of aryl methyl sites for hydroxylation is 1. The third-order valence-corrected chi connectivity index (χ3v) is 6.11. The van der Waals surface area contributed by atoms with Crippen molar-refractivity contribution in [2.24, 2.45) is 0 Å². The van der Waals surface area contributed by atoms with Crippen molar-refractivity contribution in [2.75, 3.05) is 31.1 Å². The number of ketones is 1. The highest BCUT2D eigenvalue weighted by Crippen LogP contribution is 2.36. The van der Waals surface area contributed by atoms with E-state index in [9.17, 15) is 14.4 Å². The maximum atomic E-state index is 12.9. The molecule has 0 spiro atoms. The van der Waals surface area contributed by atoms with Crippen molar-refractivity contribution in [3.63, 3.8) is 0 Å². The standard InChI is InChI=1S/C21H22N2O4S/c1-14-10-17-16(11-15(14)21(26)18-6-5-9-28-18)23(20(25)13-27-17)12-19(24)22-7-3-2-4-8-22/h5-6,9-11H,2-4,7-8,12-13H2,1H3. The molecule has 6 nitrogen and oxygen atoms in total. The summed E-state index contributed by atoms with van der Waals surface area (Å²) in [5, 5.41) is 1.86. The Morgan fingerprint density at radius 3 is 2.68 bits per heavy atom. The van der Waals surface area contributed by atoms with Crippen molar-refractivity contribution >= 4 is 34.6 Å². The molecule has 0 atom stereocenters. The zero-order valence-corrected chi connectivity index (χ0v) is 16.6. The highest BCUT2D eigenvalue weighted by Gasteiger charge is 2.31. The molecule has 0 unspecified atom stereocenters. The molecular formula is C21H22N2O4S. The molecule has 0 saturated carbocycles. The van der Waals surface area contributed by atoms with E-state index >= 15 is 0 Å². The summed E-state index contributed by atoms with van der Waals surface area (Å²) in [5.41, 5.74) is 1.80. The van der Waals surface area contributed by atoms with Crippen molar-refractivity contribution in [3.05, 3.63) is 45.6 Å². The first kappa shape index (κ1) is 18.7. The van der Waals surface area contributed by atoms with Crippen LogP contribution in [-0.2, 0) is 9.59 Å². The molecule has 146 valence electrons. The molecule has 7 heteroatoms. The highest BCUT2D eigenvalue weighted by atomic mass is 32.1. The molecule has 0 radical (unpaired) electrons. The first-order valence-electron chi connectivity index (χ1n) is 9.48. The molecule has 4 rings (SSSR count). The third kappa shape index (κ3) is 3.54. The van der Waals surface area contributed by atoms with Gasteiger partial charge in [-0.05, 0) is 55.3 Å². The summed E-state index contributed by atoms with van der Waals surface area (Å²) < 4.78 is 5.57. The lowest BCUT2D eigenvalue weighted by atomic mass is 10.0. The van der Waals surface area contributed by atoms with Crippen LogP contribution in [0.1, 0.15) is 40.1 Å². The molecule has 2 aliphatic rings. The summed E-state index contributed by atoms with van der Waals surface area (Å²) >= 11 is 1.38. The Bertz CT molecular complexity index is 917. The number of nitrogens with zero attached hydrogens (tertiary/aromatic N) is 2.